The molecule has 0 fully saturated rings. The molecule has 0 aliphatic rings. The SMILES string of the molecule is NS(=O)(=O)c1cc(Br)cc(C=O)c1. The highest BCUT2D eigenvalue weighted by atomic mass is 79.9. The molecule has 6 heteroatoms. The van der Waals surface area contributed by atoms with E-state index >= 15 is 0 Å². The summed E-state index contributed by atoms with van der Waals surface area (Å²) >= 11 is 3.07. The van der Waals surface area contributed by atoms with Gasteiger partial charge in [-0.2, -0.15) is 0 Å². The largest absolute Gasteiger partial charge is 0.298 e. The second kappa shape index (κ2) is 3.57. The highest BCUT2D eigenvalue weighted by molar-refractivity contribution is 9.10. The van der Waals surface area contributed by atoms with Gasteiger partial charge >= 0.3 is 0 Å². The zero-order valence-corrected chi connectivity index (χ0v) is 8.80. The Balaban J connectivity index is 3.41. The zero-order valence-electron chi connectivity index (χ0n) is 6.40. The average molecular weight is 264 g/mol. The lowest BCUT2D eigenvalue weighted by Crippen LogP contribution is -2.12. The Morgan fingerprint density at radius 3 is 2.38 bits per heavy atom. The summed E-state index contributed by atoms with van der Waals surface area (Å²) < 4.78 is 22.3. The predicted molar refractivity (Wildman–Crippen MR) is 50.9 cm³/mol. The highest BCUT2D eigenvalue weighted by Crippen LogP contribution is 2.17. The summed E-state index contributed by atoms with van der Waals surface area (Å²) in [4.78, 5) is 10.3. The molecule has 0 unspecified atom stereocenters. The summed E-state index contributed by atoms with van der Waals surface area (Å²) in [6.45, 7) is 0. The number of sulfonamides is 1. The van der Waals surface area contributed by atoms with Crippen LogP contribution in [0, 0.1) is 0 Å². The van der Waals surface area contributed by atoms with Crippen molar-refractivity contribution in [2.24, 2.45) is 5.14 Å². The minimum absolute atomic E-state index is 0.0797. The fourth-order valence-corrected chi connectivity index (χ4v) is 2.07. The monoisotopic (exact) mass is 263 g/mol. The third-order valence-corrected chi connectivity index (χ3v) is 2.71. The third kappa shape index (κ3) is 2.61. The number of hydrogen-bond donors (Lipinski definition) is 1. The van der Waals surface area contributed by atoms with Gasteiger partial charge in [-0.25, -0.2) is 13.6 Å². The van der Waals surface area contributed by atoms with Gasteiger partial charge in [0.1, 0.15) is 6.29 Å². The van der Waals surface area contributed by atoms with Crippen molar-refractivity contribution in [1.82, 2.24) is 0 Å². The molecule has 0 aliphatic carbocycles. The van der Waals surface area contributed by atoms with Gasteiger partial charge in [-0.3, -0.25) is 4.79 Å². The van der Waals surface area contributed by atoms with E-state index in [4.69, 9.17) is 5.14 Å². The smallest absolute Gasteiger partial charge is 0.238 e. The van der Waals surface area contributed by atoms with Gasteiger partial charge in [0.05, 0.1) is 4.90 Å². The normalized spacial score (nSPS) is 11.2. The van der Waals surface area contributed by atoms with E-state index in [2.05, 4.69) is 15.9 Å². The molecule has 0 aromatic heterocycles. The van der Waals surface area contributed by atoms with Crippen LogP contribution in [0.5, 0.6) is 0 Å². The maximum Gasteiger partial charge on any atom is 0.238 e. The molecule has 0 heterocycles. The van der Waals surface area contributed by atoms with Crippen LogP contribution in [0.4, 0.5) is 0 Å². The first-order valence-corrected chi connectivity index (χ1v) is 5.56. The number of primary sulfonamides is 1. The van der Waals surface area contributed by atoms with E-state index < -0.39 is 10.0 Å². The first kappa shape index (κ1) is 10.4. The summed E-state index contributed by atoms with van der Waals surface area (Å²) in [7, 11) is -3.75. The number of hydrogen-bond acceptors (Lipinski definition) is 3. The van der Waals surface area contributed by atoms with Crippen LogP contribution in [0.3, 0.4) is 0 Å². The van der Waals surface area contributed by atoms with Crippen molar-refractivity contribution >= 4 is 32.2 Å². The van der Waals surface area contributed by atoms with Crippen LogP contribution in [0.15, 0.2) is 27.6 Å². The number of rotatable bonds is 2. The van der Waals surface area contributed by atoms with Gasteiger partial charge in [0.2, 0.25) is 10.0 Å². The summed E-state index contributed by atoms with van der Waals surface area (Å²) in [6, 6.07) is 4.05. The van der Waals surface area contributed by atoms with E-state index in [-0.39, 0.29) is 10.5 Å². The van der Waals surface area contributed by atoms with Crippen LogP contribution in [-0.4, -0.2) is 14.7 Å². The maximum absolute atomic E-state index is 10.9. The van der Waals surface area contributed by atoms with E-state index in [1.54, 1.807) is 0 Å². The standard InChI is InChI=1S/C7H6BrNO3S/c8-6-1-5(4-10)2-7(3-6)13(9,11)12/h1-4H,(H2,9,11,12). The van der Waals surface area contributed by atoms with Crippen molar-refractivity contribution in [3.8, 4) is 0 Å². The van der Waals surface area contributed by atoms with Crippen LogP contribution >= 0.6 is 15.9 Å². The molecule has 0 spiro atoms. The minimum atomic E-state index is -3.75. The van der Waals surface area contributed by atoms with Crippen LogP contribution in [0.25, 0.3) is 0 Å². The molecule has 1 aromatic carbocycles. The molecule has 0 bridgehead atoms. The van der Waals surface area contributed by atoms with Crippen molar-refractivity contribution in [2.45, 2.75) is 4.90 Å². The molecule has 0 saturated heterocycles. The van der Waals surface area contributed by atoms with E-state index in [0.717, 1.165) is 0 Å². The van der Waals surface area contributed by atoms with E-state index in [1.807, 2.05) is 0 Å². The second-order valence-electron chi connectivity index (χ2n) is 2.38. The molecule has 0 aliphatic heterocycles. The summed E-state index contributed by atoms with van der Waals surface area (Å²) in [5.74, 6) is 0. The number of benzene rings is 1. The predicted octanol–water partition coefficient (Wildman–Crippen LogP) is 0.909. The van der Waals surface area contributed by atoms with Crippen LogP contribution < -0.4 is 5.14 Å². The fraction of sp³-hybridized carbons (Fsp3) is 0. The number of aldehydes is 1. The molecular formula is C7H6BrNO3S. The van der Waals surface area contributed by atoms with E-state index in [1.165, 1.54) is 18.2 Å². The lowest BCUT2D eigenvalue weighted by molar-refractivity contribution is 0.112. The van der Waals surface area contributed by atoms with Crippen molar-refractivity contribution in [3.05, 3.63) is 28.2 Å². The Labute approximate surface area is 83.9 Å². The quantitative estimate of drug-likeness (QED) is 0.806. The number of halogens is 1. The Bertz CT molecular complexity index is 441. The van der Waals surface area contributed by atoms with E-state index in [9.17, 15) is 13.2 Å². The molecule has 2 N–H and O–H groups in total. The molecule has 0 radical (unpaired) electrons. The molecule has 70 valence electrons. The van der Waals surface area contributed by atoms with Crippen molar-refractivity contribution in [1.29, 1.82) is 0 Å². The maximum atomic E-state index is 10.9. The molecular weight excluding hydrogens is 258 g/mol. The molecule has 13 heavy (non-hydrogen) atoms. The minimum Gasteiger partial charge on any atom is -0.298 e. The first-order valence-electron chi connectivity index (χ1n) is 3.22. The fourth-order valence-electron chi connectivity index (χ4n) is 0.817. The second-order valence-corrected chi connectivity index (χ2v) is 4.86. The average Bonchev–Trinajstić information content (AvgIpc) is 2.01. The van der Waals surface area contributed by atoms with Crippen molar-refractivity contribution < 1.29 is 13.2 Å². The van der Waals surface area contributed by atoms with Gasteiger partial charge < -0.3 is 0 Å². The van der Waals surface area contributed by atoms with Crippen molar-refractivity contribution in [3.63, 3.8) is 0 Å². The van der Waals surface area contributed by atoms with Crippen LogP contribution in [0.1, 0.15) is 10.4 Å². The lowest BCUT2D eigenvalue weighted by atomic mass is 10.2. The summed E-state index contributed by atoms with van der Waals surface area (Å²) in [5, 5.41) is 4.88. The third-order valence-electron chi connectivity index (χ3n) is 1.36. The van der Waals surface area contributed by atoms with Gasteiger partial charge in [0, 0.05) is 10.0 Å². The number of carbonyl (C=O) groups is 1. The molecule has 4 nitrogen and oxygen atoms in total. The molecule has 0 atom stereocenters. The van der Waals surface area contributed by atoms with Gasteiger partial charge in [0.15, 0.2) is 0 Å². The molecule has 1 aromatic rings. The Hall–Kier alpha value is -0.720. The molecule has 1 rings (SSSR count). The molecule has 0 saturated carbocycles. The Morgan fingerprint density at radius 2 is 1.92 bits per heavy atom. The van der Waals surface area contributed by atoms with Crippen LogP contribution in [0.2, 0.25) is 0 Å². The Kier molecular flexibility index (Phi) is 2.84. The summed E-state index contributed by atoms with van der Waals surface area (Å²) in [6.07, 6.45) is 0.555. The summed E-state index contributed by atoms with van der Waals surface area (Å²) in [5.41, 5.74) is 0.262. The topological polar surface area (TPSA) is 77.2 Å². The van der Waals surface area contributed by atoms with Gasteiger partial charge in [-0.15, -0.1) is 0 Å². The van der Waals surface area contributed by atoms with Crippen LogP contribution in [-0.2, 0) is 10.0 Å². The lowest BCUT2D eigenvalue weighted by Gasteiger charge is -1.99. The highest BCUT2D eigenvalue weighted by Gasteiger charge is 2.09. The first-order chi connectivity index (χ1) is 5.93. The van der Waals surface area contributed by atoms with E-state index in [0.29, 0.717) is 10.8 Å². The van der Waals surface area contributed by atoms with Gasteiger partial charge in [0.25, 0.3) is 0 Å². The van der Waals surface area contributed by atoms with Gasteiger partial charge in [-0.05, 0) is 18.2 Å². The Morgan fingerprint density at radius 1 is 1.31 bits per heavy atom. The van der Waals surface area contributed by atoms with Gasteiger partial charge in [-0.1, -0.05) is 15.9 Å². The molecule has 0 amide bonds. The number of carbonyl (C=O) groups excluding carboxylic acids is 1. The number of nitrogens with two attached hydrogens (primary N) is 1. The zero-order chi connectivity index (χ0) is 10.1. The van der Waals surface area contributed by atoms with Crippen molar-refractivity contribution in [2.75, 3.05) is 0 Å².